The Hall–Kier alpha value is -3.17. The van der Waals surface area contributed by atoms with Gasteiger partial charge in [-0.15, -0.1) is 11.7 Å². The lowest BCUT2D eigenvalue weighted by Gasteiger charge is -2.03. The van der Waals surface area contributed by atoms with E-state index < -0.39 is 15.9 Å². The van der Waals surface area contributed by atoms with Crippen molar-refractivity contribution in [1.82, 2.24) is 4.57 Å². The van der Waals surface area contributed by atoms with Crippen LogP contribution in [0.3, 0.4) is 0 Å². The third-order valence-electron chi connectivity index (χ3n) is 4.06. The van der Waals surface area contributed by atoms with E-state index in [0.29, 0.717) is 28.2 Å². The van der Waals surface area contributed by atoms with Gasteiger partial charge in [-0.1, -0.05) is 22.8 Å². The number of anilines is 1. The third-order valence-corrected chi connectivity index (χ3v) is 5.42. The van der Waals surface area contributed by atoms with E-state index in [0.717, 1.165) is 6.26 Å². The minimum absolute atomic E-state index is 0.104. The van der Waals surface area contributed by atoms with E-state index >= 15 is 0 Å². The Bertz CT molecular complexity index is 1230. The minimum Gasteiger partial charge on any atom is -0.493 e. The van der Waals surface area contributed by atoms with Crippen LogP contribution in [-0.2, 0) is 16.4 Å². The fraction of sp³-hybridized carbons (Fsp3) is 0.105. The summed E-state index contributed by atoms with van der Waals surface area (Å²) < 4.78 is 24.5. The van der Waals surface area contributed by atoms with E-state index in [1.165, 1.54) is 24.3 Å². The molecular weight excluding hydrogens is 416 g/mol. The Balaban J connectivity index is 1.86. The molecule has 0 bridgehead atoms. The molecule has 0 aliphatic rings. The second-order valence-electron chi connectivity index (χ2n) is 6.16. The maximum atomic E-state index is 12.1. The number of rotatable bonds is 5. The maximum absolute atomic E-state index is 12.1. The summed E-state index contributed by atoms with van der Waals surface area (Å²) in [6, 6.07) is 9.86. The number of benzene rings is 2. The van der Waals surface area contributed by atoms with Crippen LogP contribution in [0.1, 0.15) is 0 Å². The summed E-state index contributed by atoms with van der Waals surface area (Å²) in [6.07, 6.45) is 2.71. The van der Waals surface area contributed by atoms with Crippen molar-refractivity contribution in [2.24, 2.45) is 10.2 Å². The first-order chi connectivity index (χ1) is 13.7. The fourth-order valence-electron chi connectivity index (χ4n) is 2.74. The second kappa shape index (κ2) is 8.06. The average Bonchev–Trinajstić information content (AvgIpc) is 2.91. The molecule has 2 amide bonds. The summed E-state index contributed by atoms with van der Waals surface area (Å²) in [5, 5.41) is 21.4. The SMILES string of the molecule is C=CCn1c(O)c(N=NC(=O)Nc2ccc(S(C)(=O)=O)cc2)c2cc(Cl)ccc21. The molecule has 2 N–H and O–H groups in total. The predicted molar refractivity (Wildman–Crippen MR) is 112 cm³/mol. The number of hydrogen-bond donors (Lipinski definition) is 2. The molecule has 0 aliphatic carbocycles. The number of hydrogen-bond acceptors (Lipinski definition) is 5. The number of fused-ring (bicyclic) bond motifs is 1. The summed E-state index contributed by atoms with van der Waals surface area (Å²) in [7, 11) is -3.33. The van der Waals surface area contributed by atoms with Crippen LogP contribution in [-0.4, -0.2) is 30.4 Å². The van der Waals surface area contributed by atoms with E-state index in [4.69, 9.17) is 11.6 Å². The summed E-state index contributed by atoms with van der Waals surface area (Å²) in [4.78, 5) is 12.2. The highest BCUT2D eigenvalue weighted by Gasteiger charge is 2.17. The van der Waals surface area contributed by atoms with Crippen molar-refractivity contribution in [3.8, 4) is 5.88 Å². The van der Waals surface area contributed by atoms with E-state index in [2.05, 4.69) is 22.1 Å². The van der Waals surface area contributed by atoms with Crippen LogP contribution in [0.15, 0.2) is 70.2 Å². The normalized spacial score (nSPS) is 11.8. The highest BCUT2D eigenvalue weighted by molar-refractivity contribution is 7.90. The first kappa shape index (κ1) is 20.6. The van der Waals surface area contributed by atoms with Crippen molar-refractivity contribution in [2.75, 3.05) is 11.6 Å². The van der Waals surface area contributed by atoms with Crippen LogP contribution in [0.4, 0.5) is 16.2 Å². The van der Waals surface area contributed by atoms with Gasteiger partial charge in [0.2, 0.25) is 5.88 Å². The van der Waals surface area contributed by atoms with Gasteiger partial charge in [-0.2, -0.15) is 0 Å². The molecule has 0 radical (unpaired) electrons. The molecule has 0 spiro atoms. The molecule has 2 aromatic carbocycles. The number of aromatic hydroxyl groups is 1. The van der Waals surface area contributed by atoms with Gasteiger partial charge in [0.15, 0.2) is 15.5 Å². The smallest absolute Gasteiger partial charge is 0.364 e. The fourth-order valence-corrected chi connectivity index (χ4v) is 3.54. The van der Waals surface area contributed by atoms with Crippen molar-refractivity contribution < 1.29 is 18.3 Å². The Morgan fingerprint density at radius 3 is 2.59 bits per heavy atom. The van der Waals surface area contributed by atoms with Gasteiger partial charge in [0, 0.05) is 28.9 Å². The van der Waals surface area contributed by atoms with Gasteiger partial charge in [-0.05, 0) is 42.5 Å². The van der Waals surface area contributed by atoms with Gasteiger partial charge in [0.25, 0.3) is 0 Å². The number of nitrogens with zero attached hydrogens (tertiary/aromatic N) is 3. The quantitative estimate of drug-likeness (QED) is 0.440. The largest absolute Gasteiger partial charge is 0.493 e. The van der Waals surface area contributed by atoms with Gasteiger partial charge in [0.1, 0.15) is 0 Å². The lowest BCUT2D eigenvalue weighted by Crippen LogP contribution is -2.05. The molecule has 0 aliphatic heterocycles. The molecule has 0 saturated carbocycles. The molecule has 1 aromatic heterocycles. The van der Waals surface area contributed by atoms with E-state index in [1.54, 1.807) is 28.8 Å². The Kier molecular flexibility index (Phi) is 5.71. The van der Waals surface area contributed by atoms with Crippen LogP contribution in [0, 0.1) is 0 Å². The average molecular weight is 433 g/mol. The summed E-state index contributed by atoms with van der Waals surface area (Å²) >= 11 is 6.04. The molecule has 0 fully saturated rings. The van der Waals surface area contributed by atoms with Crippen LogP contribution < -0.4 is 5.32 Å². The number of halogens is 1. The first-order valence-corrected chi connectivity index (χ1v) is 10.6. The monoisotopic (exact) mass is 432 g/mol. The van der Waals surface area contributed by atoms with Gasteiger partial charge >= 0.3 is 6.03 Å². The van der Waals surface area contributed by atoms with Crippen LogP contribution >= 0.6 is 11.6 Å². The summed E-state index contributed by atoms with van der Waals surface area (Å²) in [6.45, 7) is 3.99. The zero-order valence-electron chi connectivity index (χ0n) is 15.3. The Labute approximate surface area is 172 Å². The lowest BCUT2D eigenvalue weighted by atomic mass is 10.2. The third kappa shape index (κ3) is 4.47. The van der Waals surface area contributed by atoms with E-state index in [1.807, 2.05) is 0 Å². The van der Waals surface area contributed by atoms with Crippen molar-refractivity contribution in [3.05, 3.63) is 60.1 Å². The highest BCUT2D eigenvalue weighted by atomic mass is 35.5. The van der Waals surface area contributed by atoms with Gasteiger partial charge in [-0.25, -0.2) is 13.2 Å². The predicted octanol–water partition coefficient (Wildman–Crippen LogP) is 4.91. The number of nitrogens with one attached hydrogen (secondary N) is 1. The number of carbonyl (C=O) groups is 1. The molecule has 3 rings (SSSR count). The molecule has 29 heavy (non-hydrogen) atoms. The number of carbonyl (C=O) groups excluding carboxylic acids is 1. The van der Waals surface area contributed by atoms with E-state index in [9.17, 15) is 18.3 Å². The molecule has 150 valence electrons. The maximum Gasteiger partial charge on any atom is 0.364 e. The minimum atomic E-state index is -3.33. The van der Waals surface area contributed by atoms with Crippen LogP contribution in [0.5, 0.6) is 5.88 Å². The number of amides is 2. The topological polar surface area (TPSA) is 113 Å². The van der Waals surface area contributed by atoms with Crippen molar-refractivity contribution in [1.29, 1.82) is 0 Å². The number of sulfone groups is 1. The number of urea groups is 1. The van der Waals surface area contributed by atoms with Crippen LogP contribution in [0.2, 0.25) is 5.02 Å². The van der Waals surface area contributed by atoms with Crippen molar-refractivity contribution in [3.63, 3.8) is 0 Å². The van der Waals surface area contributed by atoms with Gasteiger partial charge in [-0.3, -0.25) is 0 Å². The number of allylic oxidation sites excluding steroid dienone is 1. The van der Waals surface area contributed by atoms with Gasteiger partial charge in [0.05, 0.1) is 10.4 Å². The number of azo groups is 1. The van der Waals surface area contributed by atoms with Crippen molar-refractivity contribution in [2.45, 2.75) is 11.4 Å². The molecule has 0 atom stereocenters. The molecule has 0 unspecified atom stereocenters. The van der Waals surface area contributed by atoms with E-state index in [-0.39, 0.29) is 16.5 Å². The standard InChI is InChI=1S/C19H17ClN4O4S/c1-3-10-24-16-9-4-12(20)11-15(16)17(18(24)25)22-23-19(26)21-13-5-7-14(8-6-13)29(2,27)28/h3-9,11,25H,1,10H2,2H3,(H,21,26). The molecular formula is C19H17ClN4O4S. The molecule has 0 saturated heterocycles. The van der Waals surface area contributed by atoms with Gasteiger partial charge < -0.3 is 15.0 Å². The summed E-state index contributed by atoms with van der Waals surface area (Å²) in [5.41, 5.74) is 1.12. The lowest BCUT2D eigenvalue weighted by molar-refractivity contribution is 0.258. The summed E-state index contributed by atoms with van der Waals surface area (Å²) in [5.74, 6) is -0.170. The molecule has 8 nitrogen and oxygen atoms in total. The first-order valence-electron chi connectivity index (χ1n) is 8.35. The number of aromatic nitrogens is 1. The molecule has 10 heteroatoms. The van der Waals surface area contributed by atoms with Crippen molar-refractivity contribution >= 4 is 49.7 Å². The highest BCUT2D eigenvalue weighted by Crippen LogP contribution is 2.40. The second-order valence-corrected chi connectivity index (χ2v) is 8.61. The molecule has 3 aromatic rings. The molecule has 1 heterocycles. The Morgan fingerprint density at radius 1 is 1.28 bits per heavy atom. The Morgan fingerprint density at radius 2 is 1.97 bits per heavy atom. The van der Waals surface area contributed by atoms with Crippen LogP contribution in [0.25, 0.3) is 10.9 Å². The zero-order valence-corrected chi connectivity index (χ0v) is 16.9. The zero-order chi connectivity index (χ0) is 21.2.